The molecule has 108 valence electrons. The number of aryl methyl sites for hydroxylation is 2. The molecule has 3 heterocycles. The molecule has 21 heavy (non-hydrogen) atoms. The molecule has 0 radical (unpaired) electrons. The lowest BCUT2D eigenvalue weighted by Crippen LogP contribution is -2.20. The van der Waals surface area contributed by atoms with Gasteiger partial charge in [0.15, 0.2) is 18.0 Å². The number of carbonyl (C=O) groups excluding carboxylic acids is 1. The Kier molecular flexibility index (Phi) is 3.53. The van der Waals surface area contributed by atoms with E-state index < -0.39 is 0 Å². The van der Waals surface area contributed by atoms with Gasteiger partial charge in [0.05, 0.1) is 5.69 Å². The Morgan fingerprint density at radius 3 is 3.05 bits per heavy atom. The van der Waals surface area contributed by atoms with Crippen LogP contribution in [0.25, 0.3) is 5.65 Å². The zero-order valence-electron chi connectivity index (χ0n) is 11.5. The van der Waals surface area contributed by atoms with Crippen LogP contribution in [0.3, 0.4) is 0 Å². The highest BCUT2D eigenvalue weighted by Gasteiger charge is 2.10. The summed E-state index contributed by atoms with van der Waals surface area (Å²) >= 11 is 1.32. The van der Waals surface area contributed by atoms with Crippen LogP contribution < -0.4 is 10.1 Å². The molecule has 0 aliphatic heterocycles. The predicted octanol–water partition coefficient (Wildman–Crippen LogP) is 1.82. The van der Waals surface area contributed by atoms with Crippen molar-refractivity contribution in [2.75, 3.05) is 11.9 Å². The molecule has 0 atom stereocenters. The Labute approximate surface area is 124 Å². The number of amides is 1. The van der Waals surface area contributed by atoms with E-state index in [9.17, 15) is 4.79 Å². The van der Waals surface area contributed by atoms with Crippen LogP contribution in [0, 0.1) is 13.8 Å². The first-order valence-electron chi connectivity index (χ1n) is 6.29. The minimum Gasteiger partial charge on any atom is -0.480 e. The molecule has 0 spiro atoms. The van der Waals surface area contributed by atoms with Crippen molar-refractivity contribution in [2.24, 2.45) is 0 Å². The third-order valence-electron chi connectivity index (χ3n) is 2.70. The van der Waals surface area contributed by atoms with Crippen molar-refractivity contribution >= 4 is 28.0 Å². The fraction of sp³-hybridized carbons (Fsp3) is 0.231. The second-order valence-electron chi connectivity index (χ2n) is 4.45. The summed E-state index contributed by atoms with van der Waals surface area (Å²) in [4.78, 5) is 16.2. The first-order chi connectivity index (χ1) is 10.1. The lowest BCUT2D eigenvalue weighted by molar-refractivity contribution is -0.118. The summed E-state index contributed by atoms with van der Waals surface area (Å²) < 4.78 is 7.39. The van der Waals surface area contributed by atoms with Gasteiger partial charge in [0, 0.05) is 12.4 Å². The van der Waals surface area contributed by atoms with Crippen LogP contribution in [-0.4, -0.2) is 32.1 Å². The quantitative estimate of drug-likeness (QED) is 0.795. The molecule has 0 aromatic carbocycles. The Bertz CT molecular complexity index is 795. The van der Waals surface area contributed by atoms with E-state index >= 15 is 0 Å². The number of hydrogen-bond acceptors (Lipinski definition) is 6. The Morgan fingerprint density at radius 1 is 1.43 bits per heavy atom. The summed E-state index contributed by atoms with van der Waals surface area (Å²) in [6, 6.07) is 3.62. The summed E-state index contributed by atoms with van der Waals surface area (Å²) in [5.41, 5.74) is 1.58. The summed E-state index contributed by atoms with van der Waals surface area (Å²) in [5, 5.41) is 11.6. The lowest BCUT2D eigenvalue weighted by Gasteiger charge is -2.06. The number of carbonyl (C=O) groups is 1. The Hall–Kier alpha value is -2.48. The molecule has 0 aliphatic carbocycles. The number of nitrogens with zero attached hydrogens (tertiary/aromatic N) is 4. The van der Waals surface area contributed by atoms with Gasteiger partial charge in [-0.05, 0) is 26.0 Å². The second-order valence-corrected chi connectivity index (χ2v) is 5.63. The first kappa shape index (κ1) is 13.5. The maximum absolute atomic E-state index is 11.8. The number of imidazole rings is 1. The summed E-state index contributed by atoms with van der Waals surface area (Å²) in [7, 11) is 0. The van der Waals surface area contributed by atoms with Crippen molar-refractivity contribution in [3.8, 4) is 5.75 Å². The minimum absolute atomic E-state index is 0.107. The lowest BCUT2D eigenvalue weighted by atomic mass is 10.4. The highest BCUT2D eigenvalue weighted by Crippen LogP contribution is 2.19. The maximum Gasteiger partial charge on any atom is 0.264 e. The molecule has 0 aliphatic rings. The fourth-order valence-corrected chi connectivity index (χ4v) is 2.48. The topological polar surface area (TPSA) is 81.4 Å². The largest absolute Gasteiger partial charge is 0.480 e. The molecule has 7 nitrogen and oxygen atoms in total. The van der Waals surface area contributed by atoms with Crippen LogP contribution in [0.4, 0.5) is 5.13 Å². The Balaban J connectivity index is 1.67. The highest BCUT2D eigenvalue weighted by molar-refractivity contribution is 7.15. The van der Waals surface area contributed by atoms with Crippen molar-refractivity contribution in [1.82, 2.24) is 19.6 Å². The number of ether oxygens (including phenoxy) is 1. The van der Waals surface area contributed by atoms with Crippen LogP contribution in [0.15, 0.2) is 24.5 Å². The van der Waals surface area contributed by atoms with E-state index in [0.29, 0.717) is 16.5 Å². The van der Waals surface area contributed by atoms with E-state index in [4.69, 9.17) is 4.74 Å². The van der Waals surface area contributed by atoms with Crippen molar-refractivity contribution in [2.45, 2.75) is 13.8 Å². The molecule has 0 unspecified atom stereocenters. The maximum atomic E-state index is 11.8. The fourth-order valence-electron chi connectivity index (χ4n) is 1.87. The van der Waals surface area contributed by atoms with Gasteiger partial charge in [-0.3, -0.25) is 10.1 Å². The van der Waals surface area contributed by atoms with Crippen molar-refractivity contribution in [3.63, 3.8) is 0 Å². The van der Waals surface area contributed by atoms with E-state index in [-0.39, 0.29) is 12.5 Å². The molecule has 0 fully saturated rings. The molecular formula is C13H13N5O2S. The average Bonchev–Trinajstić information content (AvgIpc) is 3.01. The van der Waals surface area contributed by atoms with Gasteiger partial charge in [-0.25, -0.2) is 4.98 Å². The molecule has 0 saturated carbocycles. The van der Waals surface area contributed by atoms with Crippen molar-refractivity contribution < 1.29 is 9.53 Å². The monoisotopic (exact) mass is 303 g/mol. The van der Waals surface area contributed by atoms with Gasteiger partial charge < -0.3 is 9.14 Å². The molecule has 1 N–H and O–H groups in total. The van der Waals surface area contributed by atoms with Gasteiger partial charge >= 0.3 is 0 Å². The van der Waals surface area contributed by atoms with Gasteiger partial charge in [-0.1, -0.05) is 11.3 Å². The van der Waals surface area contributed by atoms with Crippen LogP contribution in [-0.2, 0) is 4.79 Å². The zero-order valence-corrected chi connectivity index (χ0v) is 12.3. The van der Waals surface area contributed by atoms with Gasteiger partial charge in [-0.2, -0.15) is 0 Å². The standard InChI is InChI=1S/C13H13N5O2S/c1-8-6-18-5-3-4-10(12(18)14-8)20-7-11(19)15-13-17-16-9(2)21-13/h3-6H,7H2,1-2H3,(H,15,17,19). The average molecular weight is 303 g/mol. The van der Waals surface area contributed by atoms with Crippen molar-refractivity contribution in [3.05, 3.63) is 35.2 Å². The molecule has 3 aromatic rings. The molecule has 0 bridgehead atoms. The molecule has 8 heteroatoms. The molecule has 1 amide bonds. The number of anilines is 1. The smallest absolute Gasteiger partial charge is 0.264 e. The molecule has 0 saturated heterocycles. The SMILES string of the molecule is Cc1cn2cccc(OCC(=O)Nc3nnc(C)s3)c2n1. The van der Waals surface area contributed by atoms with Crippen LogP contribution in [0.2, 0.25) is 0 Å². The summed E-state index contributed by atoms with van der Waals surface area (Å²) in [5.74, 6) is 0.283. The van der Waals surface area contributed by atoms with E-state index in [1.54, 1.807) is 6.07 Å². The van der Waals surface area contributed by atoms with E-state index in [2.05, 4.69) is 20.5 Å². The predicted molar refractivity (Wildman–Crippen MR) is 78.7 cm³/mol. The summed E-state index contributed by atoms with van der Waals surface area (Å²) in [6.07, 6.45) is 3.78. The first-order valence-corrected chi connectivity index (χ1v) is 7.10. The number of hydrogen-bond donors (Lipinski definition) is 1. The Morgan fingerprint density at radius 2 is 2.29 bits per heavy atom. The van der Waals surface area contributed by atoms with Crippen LogP contribution in [0.5, 0.6) is 5.75 Å². The number of rotatable bonds is 4. The number of aromatic nitrogens is 4. The molecule has 3 aromatic heterocycles. The van der Waals surface area contributed by atoms with Gasteiger partial charge in [0.25, 0.3) is 5.91 Å². The van der Waals surface area contributed by atoms with E-state index in [0.717, 1.165) is 10.7 Å². The minimum atomic E-state index is -0.281. The van der Waals surface area contributed by atoms with E-state index in [1.807, 2.05) is 36.7 Å². The van der Waals surface area contributed by atoms with Gasteiger partial charge in [0.1, 0.15) is 5.01 Å². The third-order valence-corrected chi connectivity index (χ3v) is 3.45. The highest BCUT2D eigenvalue weighted by atomic mass is 32.1. The number of fused-ring (bicyclic) bond motifs is 1. The van der Waals surface area contributed by atoms with Crippen molar-refractivity contribution in [1.29, 1.82) is 0 Å². The van der Waals surface area contributed by atoms with Crippen LogP contribution >= 0.6 is 11.3 Å². The zero-order chi connectivity index (χ0) is 14.8. The van der Waals surface area contributed by atoms with Gasteiger partial charge in [0.2, 0.25) is 5.13 Å². The van der Waals surface area contributed by atoms with Gasteiger partial charge in [-0.15, -0.1) is 10.2 Å². The summed E-state index contributed by atoms with van der Waals surface area (Å²) in [6.45, 7) is 3.62. The number of nitrogens with one attached hydrogen (secondary N) is 1. The number of pyridine rings is 1. The van der Waals surface area contributed by atoms with E-state index in [1.165, 1.54) is 11.3 Å². The normalized spacial score (nSPS) is 10.8. The second kappa shape index (κ2) is 5.49. The molecule has 3 rings (SSSR count). The molecular weight excluding hydrogens is 290 g/mol. The third kappa shape index (κ3) is 3.00. The van der Waals surface area contributed by atoms with Crippen LogP contribution in [0.1, 0.15) is 10.7 Å².